The molecule has 1 heterocycles. The summed E-state index contributed by atoms with van der Waals surface area (Å²) >= 11 is 6.79. The van der Waals surface area contributed by atoms with Gasteiger partial charge in [-0.1, -0.05) is 31.3 Å². The molecule has 4 N–H and O–H groups in total. The van der Waals surface area contributed by atoms with Crippen LogP contribution in [0.5, 0.6) is 11.5 Å². The molecule has 2 aromatic rings. The minimum absolute atomic E-state index is 0.137. The van der Waals surface area contributed by atoms with E-state index in [1.54, 1.807) is 25.6 Å². The van der Waals surface area contributed by atoms with Crippen LogP contribution >= 0.6 is 23.6 Å². The lowest BCUT2D eigenvalue weighted by Gasteiger charge is -2.56. The van der Waals surface area contributed by atoms with Gasteiger partial charge in [-0.15, -0.1) is 0 Å². The highest BCUT2D eigenvalue weighted by Crippen LogP contribution is 2.65. The molecular formula is C29H37N5O2S2. The van der Waals surface area contributed by atoms with Crippen LogP contribution < -0.4 is 25.9 Å². The summed E-state index contributed by atoms with van der Waals surface area (Å²) in [6.45, 7) is 4.95. The molecule has 6 rings (SSSR count). The Morgan fingerprint density at radius 1 is 1.13 bits per heavy atom. The summed E-state index contributed by atoms with van der Waals surface area (Å²) in [5.74, 6) is 3.59. The average Bonchev–Trinajstić information content (AvgIpc) is 3.47. The number of nitrogens with two attached hydrogens (primary N) is 1. The molecule has 2 fully saturated rings. The van der Waals surface area contributed by atoms with Crippen LogP contribution in [-0.2, 0) is 6.42 Å². The normalized spacial score (nSPS) is 32.4. The largest absolute Gasteiger partial charge is 0.497 e. The van der Waals surface area contributed by atoms with Crippen molar-refractivity contribution in [2.24, 2.45) is 39.4 Å². The zero-order chi connectivity index (χ0) is 26.7. The number of hydrogen-bond acceptors (Lipinski definition) is 7. The lowest BCUT2D eigenvalue weighted by molar-refractivity contribution is 0.0116. The number of aromatic nitrogens is 1. The second-order valence-corrected chi connectivity index (χ2v) is 13.1. The van der Waals surface area contributed by atoms with Gasteiger partial charge >= 0.3 is 0 Å². The fourth-order valence-corrected chi connectivity index (χ4v) is 9.30. The molecule has 5 atom stereocenters. The first-order chi connectivity index (χ1) is 18.3. The summed E-state index contributed by atoms with van der Waals surface area (Å²) in [6, 6.07) is 5.79. The van der Waals surface area contributed by atoms with Gasteiger partial charge in [0.05, 0.1) is 30.5 Å². The zero-order valence-electron chi connectivity index (χ0n) is 22.6. The molecule has 4 aliphatic carbocycles. The fraction of sp³-hybridized carbons (Fsp3) is 0.552. The Bertz CT molecular complexity index is 1340. The molecule has 7 nitrogen and oxygen atoms in total. The molecule has 0 spiro atoms. The Balaban J connectivity index is 1.29. The van der Waals surface area contributed by atoms with Gasteiger partial charge < -0.3 is 20.5 Å². The van der Waals surface area contributed by atoms with E-state index in [0.717, 1.165) is 48.0 Å². The van der Waals surface area contributed by atoms with Crippen molar-refractivity contribution in [3.8, 4) is 11.5 Å². The first-order valence-electron chi connectivity index (χ1n) is 13.6. The number of benzene rings is 1. The van der Waals surface area contributed by atoms with Crippen molar-refractivity contribution in [1.82, 2.24) is 10.4 Å². The number of anilines is 2. The Labute approximate surface area is 234 Å². The van der Waals surface area contributed by atoms with Crippen LogP contribution in [0.2, 0.25) is 0 Å². The molecule has 1 aromatic carbocycles. The third kappa shape index (κ3) is 4.01. The predicted octanol–water partition coefficient (Wildman–Crippen LogP) is 6.28. The molecule has 0 amide bonds. The quantitative estimate of drug-likeness (QED) is 0.298. The van der Waals surface area contributed by atoms with Crippen LogP contribution in [0.1, 0.15) is 62.9 Å². The molecular weight excluding hydrogens is 514 g/mol. The predicted molar refractivity (Wildman–Crippen MR) is 158 cm³/mol. The van der Waals surface area contributed by atoms with E-state index in [2.05, 4.69) is 35.8 Å². The highest BCUT2D eigenvalue weighted by Gasteiger charge is 2.58. The van der Waals surface area contributed by atoms with Gasteiger partial charge in [-0.2, -0.15) is 5.10 Å². The van der Waals surface area contributed by atoms with Gasteiger partial charge in [-0.25, -0.2) is 4.98 Å². The summed E-state index contributed by atoms with van der Waals surface area (Å²) in [4.78, 5) is 6.40. The van der Waals surface area contributed by atoms with E-state index >= 15 is 0 Å². The second-order valence-electron chi connectivity index (χ2n) is 11.7. The number of aryl methyl sites for hydroxylation is 1. The number of rotatable bonds is 5. The molecule has 2 saturated carbocycles. The summed E-state index contributed by atoms with van der Waals surface area (Å²) in [7, 11) is 3.36. The van der Waals surface area contributed by atoms with Gasteiger partial charge in [0, 0.05) is 17.2 Å². The zero-order valence-corrected chi connectivity index (χ0v) is 24.2. The molecule has 38 heavy (non-hydrogen) atoms. The second kappa shape index (κ2) is 9.52. The number of methoxy groups -OCH3 is 2. The number of nitrogens with zero attached hydrogens (tertiary/aromatic N) is 2. The first kappa shape index (κ1) is 25.6. The van der Waals surface area contributed by atoms with Crippen LogP contribution in [0.4, 0.5) is 10.8 Å². The third-order valence-electron chi connectivity index (χ3n) is 9.98. The Morgan fingerprint density at radius 3 is 2.71 bits per heavy atom. The topological polar surface area (TPSA) is 93.8 Å². The van der Waals surface area contributed by atoms with Crippen LogP contribution in [-0.4, -0.2) is 30.0 Å². The van der Waals surface area contributed by atoms with Crippen molar-refractivity contribution >= 4 is 50.8 Å². The van der Waals surface area contributed by atoms with Crippen molar-refractivity contribution in [2.75, 3.05) is 19.5 Å². The molecule has 202 valence electrons. The first-order valence-corrected chi connectivity index (χ1v) is 14.8. The Morgan fingerprint density at radius 2 is 1.95 bits per heavy atom. The van der Waals surface area contributed by atoms with E-state index in [1.807, 2.05) is 18.2 Å². The summed E-state index contributed by atoms with van der Waals surface area (Å²) in [5, 5.41) is 9.33. The summed E-state index contributed by atoms with van der Waals surface area (Å²) in [6.07, 6.45) is 10.5. The highest BCUT2D eigenvalue weighted by molar-refractivity contribution is 7.80. The van der Waals surface area contributed by atoms with Gasteiger partial charge in [0.2, 0.25) is 0 Å². The van der Waals surface area contributed by atoms with Crippen LogP contribution in [0, 0.1) is 28.6 Å². The number of hydrazone groups is 1. The molecule has 0 bridgehead atoms. The van der Waals surface area contributed by atoms with Crippen LogP contribution in [0.25, 0.3) is 5.57 Å². The van der Waals surface area contributed by atoms with Crippen molar-refractivity contribution in [2.45, 2.75) is 58.8 Å². The van der Waals surface area contributed by atoms with Crippen molar-refractivity contribution in [3.63, 3.8) is 0 Å². The third-order valence-corrected chi connectivity index (χ3v) is 11.1. The maximum absolute atomic E-state index is 5.67. The number of allylic oxidation sites excluding steroid dienone is 2. The number of ether oxygens (including phenoxy) is 2. The molecule has 0 aliphatic heterocycles. The van der Waals surface area contributed by atoms with Gasteiger partial charge in [0.15, 0.2) is 10.2 Å². The van der Waals surface area contributed by atoms with Gasteiger partial charge in [0.25, 0.3) is 0 Å². The number of thiocarbonyl (C=S) groups is 1. The smallest absolute Gasteiger partial charge is 0.188 e. The Hall–Kier alpha value is -2.65. The maximum atomic E-state index is 5.67. The lowest BCUT2D eigenvalue weighted by Crippen LogP contribution is -2.49. The maximum Gasteiger partial charge on any atom is 0.188 e. The van der Waals surface area contributed by atoms with Crippen LogP contribution in [0.3, 0.4) is 0 Å². The molecule has 0 saturated heterocycles. The standard InChI is InChI=1S/C29H37N5O2S2/c1-28-14-12-21-25(38-27(31-21)32-22-15-16(35-3)5-9-23(22)36-4)20(28)7-6-17-18-8-10-24(33-34-26(30)37)29(18,2)13-11-19(17)28/h5,7,9,15,17-19H,6,8,10-14H2,1-4H3,(H,31,32)(H3,30,34,37)/b33-24+/t17-,18-,19-,28+,29-/m0/s1. The van der Waals surface area contributed by atoms with E-state index < -0.39 is 0 Å². The highest BCUT2D eigenvalue weighted by atomic mass is 32.1. The molecule has 9 heteroatoms. The minimum Gasteiger partial charge on any atom is -0.497 e. The fourth-order valence-electron chi connectivity index (χ4n) is 8.05. The van der Waals surface area contributed by atoms with Crippen molar-refractivity contribution < 1.29 is 9.47 Å². The average molecular weight is 552 g/mol. The molecule has 1 aromatic heterocycles. The van der Waals surface area contributed by atoms with E-state index in [0.29, 0.717) is 17.8 Å². The van der Waals surface area contributed by atoms with E-state index in [1.165, 1.54) is 41.1 Å². The molecule has 4 aliphatic rings. The lowest BCUT2D eigenvalue weighted by atomic mass is 9.48. The Kier molecular flexibility index (Phi) is 6.42. The summed E-state index contributed by atoms with van der Waals surface area (Å²) in [5.41, 5.74) is 13.7. The van der Waals surface area contributed by atoms with E-state index in [9.17, 15) is 0 Å². The number of nitrogens with one attached hydrogen (secondary N) is 2. The SMILES string of the molecule is COc1ccc(OC)c(Nc2nc3c(s2)C2=CC[C@@H]4[C@H](CC[C@]5(C)/C(=N/NC(N)=S)CC[C@@H]45)[C@@]2(C)CC3)c1. The van der Waals surface area contributed by atoms with Crippen LogP contribution in [0.15, 0.2) is 29.4 Å². The van der Waals surface area contributed by atoms with E-state index in [4.69, 9.17) is 32.4 Å². The monoisotopic (exact) mass is 551 g/mol. The van der Waals surface area contributed by atoms with Crippen molar-refractivity contribution in [3.05, 3.63) is 34.8 Å². The number of fused-ring (bicyclic) bond motifs is 7. The molecule has 0 radical (unpaired) electrons. The van der Waals surface area contributed by atoms with Gasteiger partial charge in [-0.05, 0) is 98.0 Å². The van der Waals surface area contributed by atoms with Crippen molar-refractivity contribution in [1.29, 1.82) is 0 Å². The number of hydrogen-bond donors (Lipinski definition) is 3. The molecule has 0 unspecified atom stereocenters. The summed E-state index contributed by atoms with van der Waals surface area (Å²) < 4.78 is 11.0. The van der Waals surface area contributed by atoms with E-state index in [-0.39, 0.29) is 15.9 Å². The minimum atomic E-state index is 0.137. The van der Waals surface area contributed by atoms with Gasteiger partial charge in [0.1, 0.15) is 11.5 Å². The van der Waals surface area contributed by atoms with Gasteiger partial charge in [-0.3, -0.25) is 5.43 Å². The number of thiazole rings is 1.